The first-order valence-electron chi connectivity index (χ1n) is 50.8. The number of carbonyl (C=O) groups excluding carboxylic acids is 12. The summed E-state index contributed by atoms with van der Waals surface area (Å²) in [7, 11) is -7.18. The van der Waals surface area contributed by atoms with Crippen molar-refractivity contribution in [2.45, 2.75) is 435 Å². The zero-order valence-corrected chi connectivity index (χ0v) is 86.7. The van der Waals surface area contributed by atoms with Gasteiger partial charge in [-0.05, 0) is 300 Å². The van der Waals surface area contributed by atoms with E-state index in [2.05, 4.69) is 38.0 Å². The first kappa shape index (κ1) is 109. The summed E-state index contributed by atoms with van der Waals surface area (Å²) < 4.78 is 132. The van der Waals surface area contributed by atoms with Gasteiger partial charge in [0.15, 0.2) is 31.5 Å². The SMILES string of the molecule is C=C(C)C(=O)OC1(C)CCCC1.C=C(C)C(=O)OC12CC3CC(CC(O)(C3)C1)C2.C=C(C)C(=O)OC1C2CC3C(=O)OC1C3O2.C=C(C)C(=O)OCC(=O)OC1C2CC3C(O2)C1OS3(=O)=O.CCC(C)(C)C(=O)OC1(C)CCCC1.CCC(C)(C)C(=O)OC12CC3CC(CC(O)(C3)C1)C2.CCC(C)(C)C(=O)OC1C2CC3C(=O)OC1C3C2.CCC(C)(C)C(=O)OCC(=O)OC1C2CC3C1OS(=O)(=O)C3C2. The standard InChI is InChI=1S/C16H26O3.C15H22O7S.C14H20O4.C14H20O3.C12H14O8S.C12H22O2.C11H12O5.C10H16O2/c1-4-14(2,3)13(17)19-16-8-11-5-12(9-16)7-15(18,6-11)10-16;1-4-15(2,3)14(17)20-7-11(16)21-12-8-5-9-10(6-8)23(18,19)22-13(9)12;1-4-14(2,3)13(16)18-10-7-5-8-9(6-7)12(15)17-11(8)10;1-9(2)12(15)17-14-6-10-3-11(7-14)5-13(16,4-10)8-14;1-5(2)12(14)17-4-8(13)19-9-6-3-7-10(18-6)11(9)20-21(7,15)16;1-5-11(2,3)10(13)14-12(4)8-6-7-9-12;1-4(2)10(12)15-8-6-3-5-7(14-6)9(8)16-11(5)13;1-8(2)9(11)12-10(3)6-4-5-7-10/h11-12,18H,4-10H2,1-3H3;8-10,12-13H,4-7H2,1-3H3;7-11H,4-6H2,1-3H3;10-11,16H,1,3-8H2,2H3;6-7,9-11H,1,3-4H2,2H3;5-9H2,1-4H3;5-9H,1,3H2,2H3;1,4-7H2,2-3H3. The van der Waals surface area contributed by atoms with Crippen LogP contribution in [-0.4, -0.2) is 229 Å². The highest BCUT2D eigenvalue weighted by Gasteiger charge is 2.70. The van der Waals surface area contributed by atoms with E-state index < -0.39 is 156 Å². The van der Waals surface area contributed by atoms with E-state index in [1.54, 1.807) is 34.6 Å². The third kappa shape index (κ3) is 23.8. The number of fused-ring (bicyclic) bond motifs is 4. The van der Waals surface area contributed by atoms with Crippen LogP contribution in [-0.2, 0) is 152 Å². The molecule has 8 aliphatic heterocycles. The van der Waals surface area contributed by atoms with Gasteiger partial charge >= 0.3 is 71.6 Å². The molecule has 0 spiro atoms. The lowest BCUT2D eigenvalue weighted by molar-refractivity contribution is -0.225. The molecule has 24 unspecified atom stereocenters. The number of aliphatic hydroxyl groups is 2. The van der Waals surface area contributed by atoms with Gasteiger partial charge in [0, 0.05) is 58.8 Å². The fraction of sp³-hybridized carbons (Fsp3) is 0.808. The second kappa shape index (κ2) is 41.3. The smallest absolute Gasteiger partial charge is 0.344 e. The zero-order valence-electron chi connectivity index (χ0n) is 85.1. The van der Waals surface area contributed by atoms with E-state index in [-0.39, 0.29) is 124 Å². The molecule has 0 aromatic heterocycles. The van der Waals surface area contributed by atoms with Crippen LogP contribution in [0.2, 0.25) is 0 Å². The Morgan fingerprint density at radius 3 is 1.29 bits per heavy atom. The molecule has 0 aromatic rings. The summed E-state index contributed by atoms with van der Waals surface area (Å²) in [5.41, 5.74) is -2.67. The van der Waals surface area contributed by atoms with Crippen molar-refractivity contribution in [3.8, 4) is 0 Å². The Labute approximate surface area is 824 Å². The van der Waals surface area contributed by atoms with Crippen molar-refractivity contribution in [1.82, 2.24) is 0 Å². The van der Waals surface area contributed by atoms with Crippen LogP contribution < -0.4 is 0 Å². The Balaban J connectivity index is 0.000000136. The molecule has 16 bridgehead atoms. The Morgan fingerprint density at radius 1 is 0.386 bits per heavy atom. The lowest BCUT2D eigenvalue weighted by atomic mass is 9.52. The van der Waals surface area contributed by atoms with Gasteiger partial charge in [0.2, 0.25) is 0 Å². The average molecular weight is 2010 g/mol. The number of carbonyl (C=O) groups is 12. The largest absolute Gasteiger partial charge is 0.459 e. The van der Waals surface area contributed by atoms with Crippen LogP contribution >= 0.6 is 0 Å². The summed E-state index contributed by atoms with van der Waals surface area (Å²) in [5.74, 6) is -1.52. The van der Waals surface area contributed by atoms with Gasteiger partial charge in [-0.15, -0.1) is 0 Å². The maximum atomic E-state index is 12.4. The average Bonchev–Trinajstić information content (AvgIpc) is 1.54. The van der Waals surface area contributed by atoms with Crippen LogP contribution in [0.3, 0.4) is 0 Å². The fourth-order valence-electron chi connectivity index (χ4n) is 25.1. The van der Waals surface area contributed by atoms with Gasteiger partial charge in [0.25, 0.3) is 20.2 Å². The highest BCUT2D eigenvalue weighted by Crippen LogP contribution is 2.63. The minimum atomic E-state index is -3.65. The van der Waals surface area contributed by atoms with Gasteiger partial charge in [-0.25, -0.2) is 28.8 Å². The second-order valence-electron chi connectivity index (χ2n) is 47.2. The van der Waals surface area contributed by atoms with Gasteiger partial charge < -0.3 is 76.5 Å². The molecule has 8 heterocycles. The number of hydrogen-bond acceptors (Lipinski definition) is 34. The fourth-order valence-corrected chi connectivity index (χ4v) is 28.7. The number of esters is 12. The first-order chi connectivity index (χ1) is 65.0. The van der Waals surface area contributed by atoms with Crippen molar-refractivity contribution in [3.63, 3.8) is 0 Å². The highest BCUT2D eigenvalue weighted by molar-refractivity contribution is 7.88. The number of rotatable bonds is 24. The van der Waals surface area contributed by atoms with Gasteiger partial charge in [-0.3, -0.25) is 37.1 Å². The molecule has 36 heteroatoms. The molecule has 22 rings (SSSR count). The molecule has 0 aromatic carbocycles. The third-order valence-electron chi connectivity index (χ3n) is 33.8. The van der Waals surface area contributed by atoms with Crippen molar-refractivity contribution >= 4 is 91.9 Å². The summed E-state index contributed by atoms with van der Waals surface area (Å²) in [6, 6.07) is 0. The van der Waals surface area contributed by atoms with Crippen molar-refractivity contribution in [2.75, 3.05) is 13.2 Å². The van der Waals surface area contributed by atoms with E-state index in [1.807, 2.05) is 76.2 Å². The summed E-state index contributed by atoms with van der Waals surface area (Å²) in [6.07, 6.45) is 21.2. The van der Waals surface area contributed by atoms with Crippen molar-refractivity contribution in [3.05, 3.63) is 48.6 Å². The molecular weight excluding hydrogens is 1860 g/mol. The van der Waals surface area contributed by atoms with E-state index in [4.69, 9.17) is 69.9 Å². The molecule has 784 valence electrons. The van der Waals surface area contributed by atoms with Crippen LogP contribution in [0.4, 0.5) is 0 Å². The Hall–Kier alpha value is -7.74. The maximum absolute atomic E-state index is 12.4. The van der Waals surface area contributed by atoms with Crippen LogP contribution in [0.1, 0.15) is 317 Å². The highest BCUT2D eigenvalue weighted by atomic mass is 32.2. The van der Waals surface area contributed by atoms with E-state index in [1.165, 1.54) is 45.4 Å². The van der Waals surface area contributed by atoms with Crippen LogP contribution in [0.25, 0.3) is 0 Å². The zero-order chi connectivity index (χ0) is 103. The van der Waals surface area contributed by atoms with E-state index in [0.717, 1.165) is 109 Å². The molecule has 140 heavy (non-hydrogen) atoms. The number of ether oxygens (including phenoxy) is 14. The molecule has 8 saturated heterocycles. The predicted octanol–water partition coefficient (Wildman–Crippen LogP) is 13.4. The summed E-state index contributed by atoms with van der Waals surface area (Å²) in [5, 5.41) is 20.0. The minimum absolute atomic E-state index is 0.0130. The van der Waals surface area contributed by atoms with Crippen LogP contribution in [0, 0.1) is 80.8 Å². The monoisotopic (exact) mass is 2010 g/mol. The van der Waals surface area contributed by atoms with E-state index in [0.29, 0.717) is 90.8 Å². The molecule has 34 nitrogen and oxygen atoms in total. The topological polar surface area (TPSA) is 461 Å². The summed E-state index contributed by atoms with van der Waals surface area (Å²) >= 11 is 0. The molecule has 2 N–H and O–H groups in total. The number of hydrogen-bond donors (Lipinski definition) is 2. The minimum Gasteiger partial charge on any atom is -0.459 e. The lowest BCUT2D eigenvalue weighted by Crippen LogP contribution is -2.61. The quantitative estimate of drug-likeness (QED) is 0.0392. The molecule has 14 saturated carbocycles. The molecule has 0 amide bonds. The molecule has 0 radical (unpaired) electrons. The third-order valence-corrected chi connectivity index (χ3v) is 37.2. The van der Waals surface area contributed by atoms with E-state index in [9.17, 15) is 84.6 Å². The van der Waals surface area contributed by atoms with Gasteiger partial charge in [0.1, 0.15) is 70.4 Å². The lowest BCUT2D eigenvalue weighted by Gasteiger charge is -2.59. The van der Waals surface area contributed by atoms with Gasteiger partial charge in [0.05, 0.1) is 62.2 Å². The molecule has 24 atom stereocenters. The summed E-state index contributed by atoms with van der Waals surface area (Å²) in [6.45, 7) is 46.5. The Kier molecular flexibility index (Phi) is 32.3. The maximum Gasteiger partial charge on any atom is 0.344 e. The molecular formula is C104H152O34S2. The van der Waals surface area contributed by atoms with Crippen molar-refractivity contribution < 1.29 is 159 Å². The summed E-state index contributed by atoms with van der Waals surface area (Å²) in [4.78, 5) is 140. The van der Waals surface area contributed by atoms with Crippen LogP contribution in [0.15, 0.2) is 48.6 Å². The van der Waals surface area contributed by atoms with Crippen molar-refractivity contribution in [2.24, 2.45) is 80.8 Å². The Morgan fingerprint density at radius 2 is 0.786 bits per heavy atom. The Bertz CT molecular complexity index is 5000. The molecule has 22 aliphatic rings. The first-order valence-corrected chi connectivity index (χ1v) is 53.7. The van der Waals surface area contributed by atoms with E-state index >= 15 is 0 Å². The van der Waals surface area contributed by atoms with Crippen LogP contribution in [0.5, 0.6) is 0 Å². The molecule has 14 aliphatic carbocycles. The van der Waals surface area contributed by atoms with Gasteiger partial charge in [-0.1, -0.05) is 54.0 Å². The second-order valence-corrected chi connectivity index (χ2v) is 50.8. The van der Waals surface area contributed by atoms with Gasteiger partial charge in [-0.2, -0.15) is 16.8 Å². The molecule has 22 fully saturated rings. The normalized spacial score (nSPS) is 37.6. The van der Waals surface area contributed by atoms with Crippen molar-refractivity contribution in [1.29, 1.82) is 0 Å². The predicted molar refractivity (Wildman–Crippen MR) is 501 cm³/mol.